The van der Waals surface area contributed by atoms with Gasteiger partial charge < -0.3 is 4.42 Å². The molecule has 146 valence electrons. The van der Waals surface area contributed by atoms with Crippen LogP contribution in [0.25, 0.3) is 28.6 Å². The zero-order valence-corrected chi connectivity index (χ0v) is 16.5. The summed E-state index contributed by atoms with van der Waals surface area (Å²) in [6.45, 7) is 3.92. The molecular weight excluding hydrogens is 393 g/mol. The average Bonchev–Trinajstić information content (AvgIpc) is 3.13. The third-order valence-corrected chi connectivity index (χ3v) is 4.67. The fraction of sp³-hybridized carbons (Fsp3) is 0.136. The summed E-state index contributed by atoms with van der Waals surface area (Å²) in [5.74, 6) is 0.653. The minimum Gasteiger partial charge on any atom is -0.434 e. The molecule has 0 unspecified atom stereocenters. The number of aromatic nitrogens is 3. The molecule has 0 saturated heterocycles. The highest BCUT2D eigenvalue weighted by atomic mass is 35.5. The van der Waals surface area contributed by atoms with E-state index >= 15 is 0 Å². The summed E-state index contributed by atoms with van der Waals surface area (Å²) < 4.78 is 20.7. The van der Waals surface area contributed by atoms with E-state index < -0.39 is 5.69 Å². The fourth-order valence-electron chi connectivity index (χ4n) is 2.91. The molecule has 0 radical (unpaired) electrons. The van der Waals surface area contributed by atoms with Crippen molar-refractivity contribution in [1.82, 2.24) is 14.5 Å². The Morgan fingerprint density at radius 1 is 1.03 bits per heavy atom. The predicted molar refractivity (Wildman–Crippen MR) is 110 cm³/mol. The summed E-state index contributed by atoms with van der Waals surface area (Å²) in [5.41, 5.74) is 1.47. The first kappa shape index (κ1) is 19.1. The lowest BCUT2D eigenvalue weighted by Crippen LogP contribution is -2.23. The SMILES string of the molecule is CC(C)c1ccn(-c2nc(-c3cccc(Cl)c3)oc2-c2ccc(F)cc2)c(=O)n1. The first-order valence-electron chi connectivity index (χ1n) is 9.05. The van der Waals surface area contributed by atoms with Gasteiger partial charge in [0.05, 0.1) is 5.69 Å². The summed E-state index contributed by atoms with van der Waals surface area (Å²) in [6.07, 6.45) is 1.62. The molecule has 2 aromatic carbocycles. The van der Waals surface area contributed by atoms with E-state index in [0.717, 1.165) is 0 Å². The zero-order chi connectivity index (χ0) is 20.5. The van der Waals surface area contributed by atoms with E-state index in [1.165, 1.54) is 16.7 Å². The van der Waals surface area contributed by atoms with Crippen LogP contribution in [0.1, 0.15) is 25.5 Å². The van der Waals surface area contributed by atoms with Crippen LogP contribution in [-0.2, 0) is 0 Å². The van der Waals surface area contributed by atoms with Crippen LogP contribution in [0.2, 0.25) is 5.02 Å². The van der Waals surface area contributed by atoms with E-state index in [1.54, 1.807) is 48.7 Å². The molecule has 2 aromatic heterocycles. The van der Waals surface area contributed by atoms with Crippen molar-refractivity contribution >= 4 is 11.6 Å². The smallest absolute Gasteiger partial charge is 0.353 e. The molecule has 0 spiro atoms. The lowest BCUT2D eigenvalue weighted by Gasteiger charge is -2.07. The maximum Gasteiger partial charge on any atom is 0.353 e. The molecule has 5 nitrogen and oxygen atoms in total. The van der Waals surface area contributed by atoms with Crippen LogP contribution in [0.15, 0.2) is 70.0 Å². The quantitative estimate of drug-likeness (QED) is 0.448. The number of nitrogens with zero attached hydrogens (tertiary/aromatic N) is 3. The van der Waals surface area contributed by atoms with Gasteiger partial charge in [-0.15, -0.1) is 0 Å². The second-order valence-corrected chi connectivity index (χ2v) is 7.29. The average molecular weight is 410 g/mol. The number of hydrogen-bond acceptors (Lipinski definition) is 4. The number of rotatable bonds is 4. The van der Waals surface area contributed by atoms with Crippen molar-refractivity contribution < 1.29 is 8.81 Å². The van der Waals surface area contributed by atoms with E-state index in [-0.39, 0.29) is 17.6 Å². The third-order valence-electron chi connectivity index (χ3n) is 4.43. The van der Waals surface area contributed by atoms with Crippen LogP contribution in [0.3, 0.4) is 0 Å². The van der Waals surface area contributed by atoms with Crippen LogP contribution in [0.4, 0.5) is 4.39 Å². The monoisotopic (exact) mass is 409 g/mol. The summed E-state index contributed by atoms with van der Waals surface area (Å²) in [4.78, 5) is 21.3. The van der Waals surface area contributed by atoms with E-state index in [9.17, 15) is 9.18 Å². The van der Waals surface area contributed by atoms with Crippen molar-refractivity contribution in [3.63, 3.8) is 0 Å². The number of halogens is 2. The van der Waals surface area contributed by atoms with Gasteiger partial charge in [0.15, 0.2) is 11.6 Å². The van der Waals surface area contributed by atoms with Gasteiger partial charge in [0, 0.05) is 22.3 Å². The second-order valence-electron chi connectivity index (χ2n) is 6.85. The lowest BCUT2D eigenvalue weighted by atomic mass is 10.1. The van der Waals surface area contributed by atoms with E-state index in [1.807, 2.05) is 13.8 Å². The van der Waals surface area contributed by atoms with Crippen molar-refractivity contribution in [3.8, 4) is 28.6 Å². The lowest BCUT2D eigenvalue weighted by molar-refractivity contribution is 0.587. The maximum absolute atomic E-state index is 13.4. The van der Waals surface area contributed by atoms with Gasteiger partial charge in [0.2, 0.25) is 5.89 Å². The standard InChI is InChI=1S/C22H17ClFN3O2/c1-13(2)18-10-11-27(22(28)25-18)20-19(14-6-8-17(24)9-7-14)29-21(26-20)15-4-3-5-16(23)12-15/h3-13H,1-2H3. The molecule has 0 saturated carbocycles. The number of hydrogen-bond donors (Lipinski definition) is 0. The first-order chi connectivity index (χ1) is 13.9. The predicted octanol–water partition coefficient (Wildman–Crippen LogP) is 5.47. The van der Waals surface area contributed by atoms with E-state index in [4.69, 9.17) is 16.0 Å². The normalized spacial score (nSPS) is 11.2. The molecule has 0 bridgehead atoms. The third kappa shape index (κ3) is 3.84. The minimum absolute atomic E-state index is 0.119. The molecule has 29 heavy (non-hydrogen) atoms. The second kappa shape index (κ2) is 7.64. The van der Waals surface area contributed by atoms with Crippen LogP contribution in [-0.4, -0.2) is 14.5 Å². The molecular formula is C22H17ClFN3O2. The maximum atomic E-state index is 13.4. The van der Waals surface area contributed by atoms with Crippen LogP contribution in [0, 0.1) is 5.82 Å². The Balaban J connectivity index is 1.92. The van der Waals surface area contributed by atoms with Crippen LogP contribution < -0.4 is 5.69 Å². The Labute approximate surface area is 171 Å². The van der Waals surface area contributed by atoms with Gasteiger partial charge in [-0.2, -0.15) is 9.97 Å². The molecule has 0 N–H and O–H groups in total. The molecule has 0 atom stereocenters. The molecule has 2 heterocycles. The molecule has 4 aromatic rings. The van der Waals surface area contributed by atoms with Crippen molar-refractivity contribution in [2.75, 3.05) is 0 Å². The highest BCUT2D eigenvalue weighted by Gasteiger charge is 2.20. The molecule has 7 heteroatoms. The van der Waals surface area contributed by atoms with Gasteiger partial charge in [0.25, 0.3) is 0 Å². The molecule has 0 amide bonds. The number of oxazole rings is 1. The van der Waals surface area contributed by atoms with Gasteiger partial charge in [-0.05, 0) is 54.4 Å². The largest absolute Gasteiger partial charge is 0.434 e. The summed E-state index contributed by atoms with van der Waals surface area (Å²) in [6, 6.07) is 14.6. The summed E-state index contributed by atoms with van der Waals surface area (Å²) in [5, 5.41) is 0.533. The van der Waals surface area contributed by atoms with Crippen molar-refractivity contribution in [3.05, 3.63) is 87.8 Å². The topological polar surface area (TPSA) is 60.9 Å². The van der Waals surface area contributed by atoms with Crippen molar-refractivity contribution in [2.24, 2.45) is 0 Å². The fourth-order valence-corrected chi connectivity index (χ4v) is 3.10. The Kier molecular flexibility index (Phi) is 5.03. The molecule has 0 aliphatic carbocycles. The van der Waals surface area contributed by atoms with Gasteiger partial charge in [0.1, 0.15) is 5.82 Å². The number of benzene rings is 2. The van der Waals surface area contributed by atoms with Crippen LogP contribution in [0.5, 0.6) is 0 Å². The highest BCUT2D eigenvalue weighted by molar-refractivity contribution is 6.30. The van der Waals surface area contributed by atoms with E-state index in [2.05, 4.69) is 9.97 Å². The Morgan fingerprint density at radius 2 is 1.79 bits per heavy atom. The van der Waals surface area contributed by atoms with Crippen LogP contribution >= 0.6 is 11.6 Å². The molecule has 0 aliphatic rings. The highest BCUT2D eigenvalue weighted by Crippen LogP contribution is 2.32. The van der Waals surface area contributed by atoms with Crippen molar-refractivity contribution in [1.29, 1.82) is 0 Å². The van der Waals surface area contributed by atoms with Gasteiger partial charge in [-0.3, -0.25) is 0 Å². The Morgan fingerprint density at radius 3 is 2.45 bits per heavy atom. The Bertz CT molecular complexity index is 1230. The summed E-state index contributed by atoms with van der Waals surface area (Å²) in [7, 11) is 0. The molecule has 0 aliphatic heterocycles. The molecule has 0 fully saturated rings. The summed E-state index contributed by atoms with van der Waals surface area (Å²) >= 11 is 6.09. The molecule has 4 rings (SSSR count). The van der Waals surface area contributed by atoms with Gasteiger partial charge in [-0.25, -0.2) is 13.8 Å². The van der Waals surface area contributed by atoms with E-state index in [0.29, 0.717) is 33.5 Å². The van der Waals surface area contributed by atoms with Gasteiger partial charge >= 0.3 is 5.69 Å². The minimum atomic E-state index is -0.467. The first-order valence-corrected chi connectivity index (χ1v) is 9.43. The zero-order valence-electron chi connectivity index (χ0n) is 15.8. The van der Waals surface area contributed by atoms with Crippen molar-refractivity contribution in [2.45, 2.75) is 19.8 Å². The van der Waals surface area contributed by atoms with Gasteiger partial charge in [-0.1, -0.05) is 31.5 Å². The Hall–Kier alpha value is -3.25.